The molecule has 8 nitrogen and oxygen atoms in total. The zero-order valence-corrected chi connectivity index (χ0v) is 18.1. The van der Waals surface area contributed by atoms with Crippen molar-refractivity contribution >= 4 is 34.7 Å². The zero-order valence-electron chi connectivity index (χ0n) is 17.3. The van der Waals surface area contributed by atoms with Gasteiger partial charge in [-0.25, -0.2) is 9.59 Å². The highest BCUT2D eigenvalue weighted by atomic mass is 32.2. The largest absolute Gasteiger partial charge is 0.587 e. The maximum Gasteiger partial charge on any atom is 0.371 e. The predicted molar refractivity (Wildman–Crippen MR) is 120 cm³/mol. The van der Waals surface area contributed by atoms with Crippen molar-refractivity contribution in [2.75, 3.05) is 16.3 Å². The highest BCUT2D eigenvalue weighted by molar-refractivity contribution is 7.94. The lowest BCUT2D eigenvalue weighted by Crippen LogP contribution is -2.49. The number of anilines is 2. The van der Waals surface area contributed by atoms with Crippen molar-refractivity contribution in [3.63, 3.8) is 0 Å². The highest BCUT2D eigenvalue weighted by Gasteiger charge is 2.41. The van der Waals surface area contributed by atoms with E-state index in [9.17, 15) is 14.1 Å². The summed E-state index contributed by atoms with van der Waals surface area (Å²) in [5.74, 6) is 0.424. The van der Waals surface area contributed by atoms with Crippen LogP contribution in [0, 0.1) is 0 Å². The molecule has 1 aliphatic rings. The van der Waals surface area contributed by atoms with Crippen molar-refractivity contribution in [2.45, 2.75) is 17.9 Å². The van der Waals surface area contributed by atoms with Crippen LogP contribution in [0.15, 0.2) is 77.7 Å². The van der Waals surface area contributed by atoms with Crippen LogP contribution in [0.5, 0.6) is 17.2 Å². The average Bonchev–Trinajstić information content (AvgIpc) is 2.79. The molecule has 0 aliphatic carbocycles. The Labute approximate surface area is 187 Å². The molecule has 0 spiro atoms. The molecule has 1 heterocycles. The van der Waals surface area contributed by atoms with E-state index >= 15 is 0 Å². The zero-order chi connectivity index (χ0) is 22.8. The van der Waals surface area contributed by atoms with E-state index in [-0.39, 0.29) is 5.75 Å². The molecule has 1 aliphatic heterocycles. The first-order valence-electron chi connectivity index (χ1n) is 9.71. The Morgan fingerprint density at radius 1 is 1.00 bits per heavy atom. The molecule has 0 saturated heterocycles. The van der Waals surface area contributed by atoms with Crippen molar-refractivity contribution in [3.05, 3.63) is 72.8 Å². The van der Waals surface area contributed by atoms with E-state index < -0.39 is 29.5 Å². The summed E-state index contributed by atoms with van der Waals surface area (Å²) in [5.41, 5.74) is 0.842. The monoisotopic (exact) mass is 452 g/mol. The summed E-state index contributed by atoms with van der Waals surface area (Å²) in [4.78, 5) is 25.8. The first-order valence-corrected chi connectivity index (χ1v) is 10.8. The molecule has 0 radical (unpaired) electrons. The summed E-state index contributed by atoms with van der Waals surface area (Å²) in [6.07, 6.45) is -1.06. The third-order valence-corrected chi connectivity index (χ3v) is 6.24. The second-order valence-corrected chi connectivity index (χ2v) is 8.33. The molecule has 4 rings (SSSR count). The minimum absolute atomic E-state index is 0.270. The molecule has 3 aromatic rings. The lowest BCUT2D eigenvalue weighted by Gasteiger charge is -2.34. The van der Waals surface area contributed by atoms with E-state index in [0.717, 1.165) is 0 Å². The third kappa shape index (κ3) is 4.20. The smallest absolute Gasteiger partial charge is 0.371 e. The Hall–Kier alpha value is -3.69. The molecule has 32 heavy (non-hydrogen) atoms. The van der Waals surface area contributed by atoms with Gasteiger partial charge in [0.15, 0.2) is 6.10 Å². The van der Waals surface area contributed by atoms with E-state index in [1.807, 2.05) is 30.3 Å². The lowest BCUT2D eigenvalue weighted by atomic mass is 10.2. The summed E-state index contributed by atoms with van der Waals surface area (Å²) in [6, 6.07) is 20.1. The van der Waals surface area contributed by atoms with Gasteiger partial charge in [0, 0.05) is 19.2 Å². The molecule has 2 amide bonds. The molecule has 0 aromatic heterocycles. The van der Waals surface area contributed by atoms with Crippen molar-refractivity contribution in [3.8, 4) is 17.2 Å². The number of para-hydroxylation sites is 1. The minimum atomic E-state index is -1.80. The van der Waals surface area contributed by atoms with Gasteiger partial charge in [0.1, 0.15) is 34.3 Å². The van der Waals surface area contributed by atoms with Crippen LogP contribution >= 0.6 is 0 Å². The number of aliphatic carboxylic acids is 1. The van der Waals surface area contributed by atoms with Gasteiger partial charge in [-0.05, 0) is 49.4 Å². The van der Waals surface area contributed by atoms with Gasteiger partial charge in [-0.3, -0.25) is 4.90 Å². The molecule has 1 unspecified atom stereocenters. The van der Waals surface area contributed by atoms with Gasteiger partial charge in [0.25, 0.3) is 0 Å². The average molecular weight is 452 g/mol. The Balaban J connectivity index is 1.58. The van der Waals surface area contributed by atoms with Gasteiger partial charge < -0.3 is 19.1 Å². The molecule has 164 valence electrons. The number of carboxylic acid groups (broad SMARTS) is 1. The quantitative estimate of drug-likeness (QED) is 0.555. The fourth-order valence-electron chi connectivity index (χ4n) is 3.12. The molecule has 9 heteroatoms. The summed E-state index contributed by atoms with van der Waals surface area (Å²) in [7, 11) is 1.56. The number of benzene rings is 3. The number of carbonyl (C=O) groups excluding carboxylic acids is 1. The van der Waals surface area contributed by atoms with Crippen LogP contribution in [-0.4, -0.2) is 34.8 Å². The number of urea groups is 1. The predicted octanol–water partition coefficient (Wildman–Crippen LogP) is 4.43. The first-order chi connectivity index (χ1) is 15.3. The number of hydrogen-bond donors (Lipinski definition) is 1. The van der Waals surface area contributed by atoms with E-state index in [1.165, 1.54) is 28.3 Å². The van der Waals surface area contributed by atoms with E-state index in [0.29, 0.717) is 27.8 Å². The van der Waals surface area contributed by atoms with Crippen molar-refractivity contribution in [2.24, 2.45) is 0 Å². The third-order valence-electron chi connectivity index (χ3n) is 4.82. The number of hydrogen-bond acceptors (Lipinski definition) is 5. The maximum atomic E-state index is 13.2. The van der Waals surface area contributed by atoms with Crippen molar-refractivity contribution < 1.29 is 28.7 Å². The minimum Gasteiger partial charge on any atom is -0.587 e. The topological polar surface area (TPSA) is 102 Å². The van der Waals surface area contributed by atoms with Crippen LogP contribution in [-0.2, 0) is 16.2 Å². The molecule has 0 fully saturated rings. The second-order valence-electron chi connectivity index (χ2n) is 7.02. The molecule has 0 saturated carbocycles. The summed E-state index contributed by atoms with van der Waals surface area (Å²) < 4.78 is 25.5. The van der Waals surface area contributed by atoms with Gasteiger partial charge in [0.05, 0.1) is 5.69 Å². The van der Waals surface area contributed by atoms with E-state index in [1.54, 1.807) is 37.4 Å². The number of ether oxygens (including phenoxy) is 2. The van der Waals surface area contributed by atoms with E-state index in [4.69, 9.17) is 14.6 Å². The van der Waals surface area contributed by atoms with Gasteiger partial charge in [-0.15, -0.1) is 4.31 Å². The van der Waals surface area contributed by atoms with Crippen LogP contribution < -0.4 is 18.7 Å². The molecular weight excluding hydrogens is 432 g/mol. The number of rotatable bonds is 6. The first kappa shape index (κ1) is 21.5. The van der Waals surface area contributed by atoms with Gasteiger partial charge in [-0.1, -0.05) is 18.2 Å². The summed E-state index contributed by atoms with van der Waals surface area (Å²) in [5, 5.41) is 9.03. The van der Waals surface area contributed by atoms with Crippen LogP contribution in [0.1, 0.15) is 6.92 Å². The highest BCUT2D eigenvalue weighted by Crippen LogP contribution is 2.39. The fraction of sp³-hybridized carbons (Fsp3) is 0.130. The SMILES string of the molecule is CC(Oc1ccc2c(c1)N(C)C(=O)N(c1ccc(Oc3ccccc3)cc1)[S@+]2[O-])C(=O)O. The summed E-state index contributed by atoms with van der Waals surface area (Å²) >= 11 is -1.80. The van der Waals surface area contributed by atoms with Crippen molar-refractivity contribution in [1.29, 1.82) is 0 Å². The number of carbonyl (C=O) groups is 2. The summed E-state index contributed by atoms with van der Waals surface area (Å²) in [6.45, 7) is 1.40. The standard InChI is InChI=1S/C23H20N2O6S/c1-15(22(26)27)30-19-12-13-21-20(14-19)24(2)23(28)25(32(21)29)16-8-10-18(11-9-16)31-17-6-4-3-5-7-17/h3-15H,1-2H3,(H,26,27)/t15?,32-/m1/s1. The normalized spacial score (nSPS) is 16.3. The molecule has 3 aromatic carbocycles. The molecule has 0 bridgehead atoms. The number of carboxylic acids is 1. The molecule has 2 atom stereocenters. The van der Waals surface area contributed by atoms with Gasteiger partial charge in [0.2, 0.25) is 4.90 Å². The number of amides is 2. The van der Waals surface area contributed by atoms with E-state index in [2.05, 4.69) is 0 Å². The van der Waals surface area contributed by atoms with Crippen molar-refractivity contribution in [1.82, 2.24) is 0 Å². The maximum absolute atomic E-state index is 13.2. The Bertz CT molecular complexity index is 1140. The Morgan fingerprint density at radius 3 is 2.28 bits per heavy atom. The fourth-order valence-corrected chi connectivity index (χ4v) is 4.46. The number of fused-ring (bicyclic) bond motifs is 1. The van der Waals surface area contributed by atoms with Crippen LogP contribution in [0.2, 0.25) is 0 Å². The van der Waals surface area contributed by atoms with Gasteiger partial charge in [-0.2, -0.15) is 0 Å². The van der Waals surface area contributed by atoms with Crippen LogP contribution in [0.4, 0.5) is 16.2 Å². The second kappa shape index (κ2) is 8.81. The molecular formula is C23H20N2O6S. The molecule has 1 N–H and O–H groups in total. The lowest BCUT2D eigenvalue weighted by molar-refractivity contribution is -0.144. The van der Waals surface area contributed by atoms with Crippen LogP contribution in [0.25, 0.3) is 0 Å². The van der Waals surface area contributed by atoms with Gasteiger partial charge >= 0.3 is 12.0 Å². The Morgan fingerprint density at radius 2 is 1.62 bits per heavy atom. The van der Waals surface area contributed by atoms with Crippen LogP contribution in [0.3, 0.4) is 0 Å². The number of nitrogens with zero attached hydrogens (tertiary/aromatic N) is 2. The Kier molecular flexibility index (Phi) is 5.93.